The molecule has 0 aliphatic rings. The SMILES string of the molecule is CC(O)C(C)(C)NCC(O)COc1ccc(Cl)cc1. The molecule has 0 spiro atoms. The van der Waals surface area contributed by atoms with Crippen molar-refractivity contribution >= 4 is 11.6 Å². The van der Waals surface area contributed by atoms with Gasteiger partial charge in [-0.1, -0.05) is 11.6 Å². The lowest BCUT2D eigenvalue weighted by atomic mass is 9.99. The van der Waals surface area contributed by atoms with E-state index in [0.717, 1.165) is 0 Å². The van der Waals surface area contributed by atoms with E-state index < -0.39 is 17.7 Å². The third-order valence-electron chi connectivity index (χ3n) is 3.09. The molecule has 2 unspecified atom stereocenters. The van der Waals surface area contributed by atoms with E-state index in [1.165, 1.54) is 0 Å². The van der Waals surface area contributed by atoms with Gasteiger partial charge in [0, 0.05) is 17.1 Å². The minimum atomic E-state index is -0.645. The Balaban J connectivity index is 2.32. The highest BCUT2D eigenvalue weighted by molar-refractivity contribution is 6.30. The van der Waals surface area contributed by atoms with Crippen LogP contribution in [0.4, 0.5) is 0 Å². The van der Waals surface area contributed by atoms with Crippen LogP contribution in [0.3, 0.4) is 0 Å². The fraction of sp³-hybridized carbons (Fsp3) is 0.571. The first kappa shape index (κ1) is 16.2. The molecule has 108 valence electrons. The lowest BCUT2D eigenvalue weighted by Gasteiger charge is -2.30. The molecule has 0 aliphatic carbocycles. The summed E-state index contributed by atoms with van der Waals surface area (Å²) in [5, 5.41) is 23.1. The molecule has 0 aliphatic heterocycles. The van der Waals surface area contributed by atoms with Crippen LogP contribution in [-0.2, 0) is 0 Å². The fourth-order valence-electron chi connectivity index (χ4n) is 1.31. The number of hydrogen-bond donors (Lipinski definition) is 3. The minimum absolute atomic E-state index is 0.185. The molecular formula is C14H22ClNO3. The summed E-state index contributed by atoms with van der Waals surface area (Å²) in [6, 6.07) is 6.97. The number of aliphatic hydroxyl groups excluding tert-OH is 2. The van der Waals surface area contributed by atoms with Crippen LogP contribution in [0, 0.1) is 0 Å². The van der Waals surface area contributed by atoms with Gasteiger partial charge in [0.2, 0.25) is 0 Å². The average molecular weight is 288 g/mol. The Morgan fingerprint density at radius 3 is 2.37 bits per heavy atom. The first-order chi connectivity index (χ1) is 8.81. The molecule has 0 heterocycles. The molecule has 4 nitrogen and oxygen atoms in total. The van der Waals surface area contributed by atoms with Crippen molar-refractivity contribution in [3.05, 3.63) is 29.3 Å². The second-order valence-electron chi connectivity index (χ2n) is 5.20. The monoisotopic (exact) mass is 287 g/mol. The summed E-state index contributed by atoms with van der Waals surface area (Å²) in [4.78, 5) is 0. The van der Waals surface area contributed by atoms with Gasteiger partial charge >= 0.3 is 0 Å². The molecule has 0 fully saturated rings. The first-order valence-electron chi connectivity index (χ1n) is 6.31. The van der Waals surface area contributed by atoms with E-state index in [1.807, 2.05) is 13.8 Å². The minimum Gasteiger partial charge on any atom is -0.491 e. The van der Waals surface area contributed by atoms with Gasteiger partial charge in [-0.3, -0.25) is 0 Å². The summed E-state index contributed by atoms with van der Waals surface area (Å²) in [6.45, 7) is 6.01. The van der Waals surface area contributed by atoms with Gasteiger partial charge in [0.25, 0.3) is 0 Å². The fourth-order valence-corrected chi connectivity index (χ4v) is 1.44. The van der Waals surface area contributed by atoms with Gasteiger partial charge in [-0.15, -0.1) is 0 Å². The van der Waals surface area contributed by atoms with Crippen LogP contribution >= 0.6 is 11.6 Å². The number of halogens is 1. The Bertz CT molecular complexity index is 379. The maximum absolute atomic E-state index is 9.81. The number of hydrogen-bond acceptors (Lipinski definition) is 4. The van der Waals surface area contributed by atoms with E-state index in [1.54, 1.807) is 31.2 Å². The molecular weight excluding hydrogens is 266 g/mol. The Kier molecular flexibility index (Phi) is 6.07. The molecule has 1 aromatic rings. The molecule has 0 radical (unpaired) electrons. The van der Waals surface area contributed by atoms with Crippen molar-refractivity contribution in [3.8, 4) is 5.75 Å². The molecule has 0 bridgehead atoms. The van der Waals surface area contributed by atoms with Crippen LogP contribution in [0.25, 0.3) is 0 Å². The zero-order valence-electron chi connectivity index (χ0n) is 11.6. The Morgan fingerprint density at radius 2 is 1.84 bits per heavy atom. The van der Waals surface area contributed by atoms with Gasteiger partial charge in [0.1, 0.15) is 18.5 Å². The lowest BCUT2D eigenvalue weighted by Crippen LogP contribution is -2.51. The van der Waals surface area contributed by atoms with Crippen molar-refractivity contribution in [2.45, 2.75) is 38.5 Å². The summed E-state index contributed by atoms with van der Waals surface area (Å²) in [6.07, 6.45) is -1.15. The van der Waals surface area contributed by atoms with Crippen molar-refractivity contribution in [1.82, 2.24) is 5.32 Å². The highest BCUT2D eigenvalue weighted by Crippen LogP contribution is 2.15. The Hall–Kier alpha value is -0.810. The topological polar surface area (TPSA) is 61.7 Å². The number of nitrogens with one attached hydrogen (secondary N) is 1. The third kappa shape index (κ3) is 5.78. The van der Waals surface area contributed by atoms with Crippen molar-refractivity contribution in [1.29, 1.82) is 0 Å². The number of ether oxygens (including phenoxy) is 1. The van der Waals surface area contributed by atoms with Crippen molar-refractivity contribution < 1.29 is 14.9 Å². The van der Waals surface area contributed by atoms with E-state index in [4.69, 9.17) is 16.3 Å². The van der Waals surface area contributed by atoms with Crippen LogP contribution in [0.1, 0.15) is 20.8 Å². The van der Waals surface area contributed by atoms with Crippen LogP contribution in [0.5, 0.6) is 5.75 Å². The number of β-amino-alcohol motifs (C(OH)–C–C–N with tert-alkyl or cyclic N) is 1. The predicted molar refractivity (Wildman–Crippen MR) is 76.7 cm³/mol. The molecule has 1 aromatic carbocycles. The standard InChI is InChI=1S/C14H22ClNO3/c1-10(17)14(2,3)16-8-12(18)9-19-13-6-4-11(15)5-7-13/h4-7,10,12,16-18H,8-9H2,1-3H3. The summed E-state index contributed by atoms with van der Waals surface area (Å²) in [5.74, 6) is 0.665. The van der Waals surface area contributed by atoms with Crippen molar-refractivity contribution in [2.24, 2.45) is 0 Å². The van der Waals surface area contributed by atoms with Gasteiger partial charge in [-0.05, 0) is 45.0 Å². The van der Waals surface area contributed by atoms with Crippen molar-refractivity contribution in [3.63, 3.8) is 0 Å². The molecule has 0 saturated heterocycles. The van der Waals surface area contributed by atoms with Gasteiger partial charge in [-0.25, -0.2) is 0 Å². The summed E-state index contributed by atoms with van der Waals surface area (Å²) >= 11 is 5.77. The molecule has 0 amide bonds. The molecule has 3 N–H and O–H groups in total. The molecule has 2 atom stereocenters. The van der Waals surface area contributed by atoms with E-state index in [-0.39, 0.29) is 6.61 Å². The van der Waals surface area contributed by atoms with E-state index in [9.17, 15) is 10.2 Å². The summed E-state index contributed by atoms with van der Waals surface area (Å²) in [5.41, 5.74) is -0.443. The van der Waals surface area contributed by atoms with Gasteiger partial charge in [0.15, 0.2) is 0 Å². The number of rotatable bonds is 7. The zero-order valence-corrected chi connectivity index (χ0v) is 12.3. The second kappa shape index (κ2) is 7.10. The molecule has 19 heavy (non-hydrogen) atoms. The molecule has 0 aromatic heterocycles. The van der Waals surface area contributed by atoms with E-state index in [0.29, 0.717) is 17.3 Å². The van der Waals surface area contributed by atoms with E-state index >= 15 is 0 Å². The smallest absolute Gasteiger partial charge is 0.119 e. The second-order valence-corrected chi connectivity index (χ2v) is 5.63. The maximum Gasteiger partial charge on any atom is 0.119 e. The lowest BCUT2D eigenvalue weighted by molar-refractivity contribution is 0.0648. The first-order valence-corrected chi connectivity index (χ1v) is 6.68. The summed E-state index contributed by atoms with van der Waals surface area (Å²) in [7, 11) is 0. The van der Waals surface area contributed by atoms with E-state index in [2.05, 4.69) is 5.32 Å². The van der Waals surface area contributed by atoms with Crippen LogP contribution in [0.2, 0.25) is 5.02 Å². The molecule has 1 rings (SSSR count). The highest BCUT2D eigenvalue weighted by Gasteiger charge is 2.24. The average Bonchev–Trinajstić information content (AvgIpc) is 2.35. The van der Waals surface area contributed by atoms with Crippen LogP contribution in [0.15, 0.2) is 24.3 Å². The molecule has 5 heteroatoms. The number of benzene rings is 1. The predicted octanol–water partition coefficient (Wildman–Crippen LogP) is 1.83. The van der Waals surface area contributed by atoms with Crippen LogP contribution in [-0.4, -0.2) is 41.1 Å². The van der Waals surface area contributed by atoms with Gasteiger partial charge in [0.05, 0.1) is 6.10 Å². The van der Waals surface area contributed by atoms with Crippen molar-refractivity contribution in [2.75, 3.05) is 13.2 Å². The highest BCUT2D eigenvalue weighted by atomic mass is 35.5. The Labute approximate surface area is 119 Å². The van der Waals surface area contributed by atoms with Crippen LogP contribution < -0.4 is 10.1 Å². The molecule has 0 saturated carbocycles. The quantitative estimate of drug-likeness (QED) is 0.716. The Morgan fingerprint density at radius 1 is 1.26 bits per heavy atom. The maximum atomic E-state index is 9.81. The van der Waals surface area contributed by atoms with Gasteiger partial charge in [-0.2, -0.15) is 0 Å². The zero-order chi connectivity index (χ0) is 14.5. The largest absolute Gasteiger partial charge is 0.491 e. The third-order valence-corrected chi connectivity index (χ3v) is 3.35. The normalized spacial score (nSPS) is 15.1. The summed E-state index contributed by atoms with van der Waals surface area (Å²) < 4.78 is 5.44. The number of aliphatic hydroxyl groups is 2. The van der Waals surface area contributed by atoms with Gasteiger partial charge < -0.3 is 20.3 Å².